The van der Waals surface area contributed by atoms with E-state index in [0.29, 0.717) is 12.1 Å². The van der Waals surface area contributed by atoms with E-state index >= 15 is 0 Å². The molecule has 1 aromatic heterocycles. The summed E-state index contributed by atoms with van der Waals surface area (Å²) in [5.41, 5.74) is 1.24. The minimum Gasteiger partial charge on any atom is -0.433 e. The van der Waals surface area contributed by atoms with Crippen LogP contribution in [-0.4, -0.2) is 34.9 Å². The van der Waals surface area contributed by atoms with Crippen molar-refractivity contribution in [1.29, 1.82) is 0 Å². The molecular formula is C31H36FN3O4. The molecule has 0 aliphatic rings. The van der Waals surface area contributed by atoms with Gasteiger partial charge in [-0.05, 0) is 35.6 Å². The number of rotatable bonds is 12. The van der Waals surface area contributed by atoms with Gasteiger partial charge in [-0.25, -0.2) is 9.18 Å². The number of ketones is 1. The SMILES string of the molecule is CCC(C)(C)CC(=O)CNC(=O)C(C)(Cc1ccc(-c2ccc(F)cn2)cc1)OC(=O)NCc1ccccc1. The summed E-state index contributed by atoms with van der Waals surface area (Å²) >= 11 is 0. The maximum atomic E-state index is 13.3. The van der Waals surface area contributed by atoms with Gasteiger partial charge in [0.15, 0.2) is 11.4 Å². The lowest BCUT2D eigenvalue weighted by Crippen LogP contribution is -2.52. The van der Waals surface area contributed by atoms with Crippen LogP contribution in [0.25, 0.3) is 11.3 Å². The Bertz CT molecular complexity index is 1260. The fourth-order valence-corrected chi connectivity index (χ4v) is 3.99. The molecule has 2 N–H and O–H groups in total. The number of benzene rings is 2. The largest absolute Gasteiger partial charge is 0.433 e. The van der Waals surface area contributed by atoms with Gasteiger partial charge in [0.2, 0.25) is 0 Å². The zero-order valence-electron chi connectivity index (χ0n) is 22.9. The van der Waals surface area contributed by atoms with Crippen LogP contribution in [0.3, 0.4) is 0 Å². The van der Waals surface area contributed by atoms with E-state index < -0.39 is 23.4 Å². The van der Waals surface area contributed by atoms with E-state index in [1.165, 1.54) is 13.0 Å². The third kappa shape index (κ3) is 9.02. The second-order valence-electron chi connectivity index (χ2n) is 10.6. The minimum atomic E-state index is -1.59. The van der Waals surface area contributed by atoms with E-state index in [-0.39, 0.29) is 30.7 Å². The zero-order chi connectivity index (χ0) is 28.5. The highest BCUT2D eigenvalue weighted by molar-refractivity contribution is 5.91. The molecule has 1 atom stereocenters. The first-order valence-corrected chi connectivity index (χ1v) is 13.0. The molecule has 1 unspecified atom stereocenters. The molecule has 0 aliphatic carbocycles. The number of nitrogens with zero attached hydrogens (tertiary/aromatic N) is 1. The fraction of sp³-hybridized carbons (Fsp3) is 0.355. The zero-order valence-corrected chi connectivity index (χ0v) is 22.9. The molecule has 2 amide bonds. The summed E-state index contributed by atoms with van der Waals surface area (Å²) in [7, 11) is 0. The van der Waals surface area contributed by atoms with Gasteiger partial charge in [-0.15, -0.1) is 0 Å². The molecule has 1 heterocycles. The van der Waals surface area contributed by atoms with Crippen LogP contribution in [0.4, 0.5) is 9.18 Å². The van der Waals surface area contributed by atoms with Crippen molar-refractivity contribution in [2.45, 2.75) is 59.1 Å². The Morgan fingerprint density at radius 1 is 0.897 bits per heavy atom. The number of hydrogen-bond donors (Lipinski definition) is 2. The lowest BCUT2D eigenvalue weighted by Gasteiger charge is -2.29. The highest BCUT2D eigenvalue weighted by atomic mass is 19.1. The van der Waals surface area contributed by atoms with Gasteiger partial charge in [0.1, 0.15) is 5.82 Å². The molecule has 206 valence electrons. The molecule has 7 nitrogen and oxygen atoms in total. The summed E-state index contributed by atoms with van der Waals surface area (Å²) in [6.07, 6.45) is 1.64. The van der Waals surface area contributed by atoms with E-state index in [0.717, 1.165) is 29.3 Å². The third-order valence-electron chi connectivity index (χ3n) is 6.68. The number of ether oxygens (including phenoxy) is 1. The van der Waals surface area contributed by atoms with Crippen LogP contribution in [0.2, 0.25) is 0 Å². The Labute approximate surface area is 229 Å². The molecular weight excluding hydrogens is 497 g/mol. The smallest absolute Gasteiger partial charge is 0.408 e. The van der Waals surface area contributed by atoms with Gasteiger partial charge in [-0.2, -0.15) is 0 Å². The predicted molar refractivity (Wildman–Crippen MR) is 148 cm³/mol. The van der Waals surface area contributed by atoms with Gasteiger partial charge in [-0.1, -0.05) is 81.8 Å². The summed E-state index contributed by atoms with van der Waals surface area (Å²) in [6.45, 7) is 7.64. The fourth-order valence-electron chi connectivity index (χ4n) is 3.99. The number of hydrogen-bond acceptors (Lipinski definition) is 5. The maximum absolute atomic E-state index is 13.3. The molecule has 39 heavy (non-hydrogen) atoms. The highest BCUT2D eigenvalue weighted by Crippen LogP contribution is 2.25. The van der Waals surface area contributed by atoms with Gasteiger partial charge in [0, 0.05) is 24.9 Å². The van der Waals surface area contributed by atoms with Gasteiger partial charge in [0.05, 0.1) is 18.4 Å². The van der Waals surface area contributed by atoms with Crippen LogP contribution in [0.1, 0.15) is 51.7 Å². The molecule has 0 radical (unpaired) electrons. The number of halogens is 1. The van der Waals surface area contributed by atoms with Crippen molar-refractivity contribution in [2.75, 3.05) is 6.54 Å². The molecule has 0 aliphatic heterocycles. The second-order valence-corrected chi connectivity index (χ2v) is 10.6. The summed E-state index contributed by atoms with van der Waals surface area (Å²) in [4.78, 5) is 42.7. The topological polar surface area (TPSA) is 97.4 Å². The summed E-state index contributed by atoms with van der Waals surface area (Å²) in [5, 5.41) is 5.36. The normalized spacial score (nSPS) is 12.7. The standard InChI is InChI=1S/C31H36FN3O4/c1-5-30(2,3)18-26(36)21-34-28(37)31(4,39-29(38)35-19-23-9-7-6-8-10-23)17-22-11-13-24(14-12-22)27-16-15-25(32)20-33-27/h6-16,20H,5,17-19,21H2,1-4H3,(H,34,37)(H,35,38). The minimum absolute atomic E-state index is 0.0728. The van der Waals surface area contributed by atoms with Crippen LogP contribution >= 0.6 is 0 Å². The maximum Gasteiger partial charge on any atom is 0.408 e. The number of amides is 2. The van der Waals surface area contributed by atoms with Crippen LogP contribution in [0, 0.1) is 11.2 Å². The first-order chi connectivity index (χ1) is 18.5. The molecule has 3 rings (SSSR count). The highest BCUT2D eigenvalue weighted by Gasteiger charge is 2.38. The Hall–Kier alpha value is -4.07. The van der Waals surface area contributed by atoms with E-state index in [4.69, 9.17) is 4.74 Å². The Kier molecular flexibility index (Phi) is 9.93. The molecule has 3 aromatic rings. The molecule has 0 bridgehead atoms. The molecule has 0 spiro atoms. The Balaban J connectivity index is 1.73. The van der Waals surface area contributed by atoms with Crippen molar-refractivity contribution in [3.05, 3.63) is 89.9 Å². The average Bonchev–Trinajstić information content (AvgIpc) is 2.92. The average molecular weight is 534 g/mol. The van der Waals surface area contributed by atoms with Crippen LogP contribution in [0.5, 0.6) is 0 Å². The monoisotopic (exact) mass is 533 g/mol. The molecule has 2 aromatic carbocycles. The third-order valence-corrected chi connectivity index (χ3v) is 6.68. The molecule has 0 fully saturated rings. The van der Waals surface area contributed by atoms with Crippen LogP contribution < -0.4 is 10.6 Å². The van der Waals surface area contributed by atoms with Gasteiger partial charge in [-0.3, -0.25) is 14.6 Å². The van der Waals surface area contributed by atoms with Crippen molar-refractivity contribution >= 4 is 17.8 Å². The van der Waals surface area contributed by atoms with Crippen molar-refractivity contribution in [3.8, 4) is 11.3 Å². The first kappa shape index (κ1) is 29.5. The van der Waals surface area contributed by atoms with E-state index in [2.05, 4.69) is 15.6 Å². The number of alkyl carbamates (subject to hydrolysis) is 1. The summed E-state index contributed by atoms with van der Waals surface area (Å²) in [5.74, 6) is -1.08. The van der Waals surface area contributed by atoms with Crippen LogP contribution in [0.15, 0.2) is 72.9 Å². The van der Waals surface area contributed by atoms with Crippen molar-refractivity contribution in [1.82, 2.24) is 15.6 Å². The number of nitrogens with one attached hydrogen (secondary N) is 2. The van der Waals surface area contributed by atoms with Crippen LogP contribution in [-0.2, 0) is 27.3 Å². The predicted octanol–water partition coefficient (Wildman–Crippen LogP) is 5.63. The van der Waals surface area contributed by atoms with Gasteiger partial charge >= 0.3 is 6.09 Å². The Morgan fingerprint density at radius 3 is 2.21 bits per heavy atom. The van der Waals surface area contributed by atoms with Crippen molar-refractivity contribution < 1.29 is 23.5 Å². The summed E-state index contributed by atoms with van der Waals surface area (Å²) < 4.78 is 18.9. The van der Waals surface area contributed by atoms with Crippen molar-refractivity contribution in [2.24, 2.45) is 5.41 Å². The number of aromatic nitrogens is 1. The molecule has 8 heteroatoms. The number of pyridine rings is 1. The van der Waals surface area contributed by atoms with E-state index in [1.54, 1.807) is 30.3 Å². The number of carbonyl (C=O) groups excluding carboxylic acids is 3. The number of carbonyl (C=O) groups is 3. The van der Waals surface area contributed by atoms with Crippen molar-refractivity contribution in [3.63, 3.8) is 0 Å². The molecule has 0 saturated heterocycles. The first-order valence-electron chi connectivity index (χ1n) is 13.0. The summed E-state index contributed by atoms with van der Waals surface area (Å²) in [6, 6.07) is 19.5. The lowest BCUT2D eigenvalue weighted by atomic mass is 9.85. The second kappa shape index (κ2) is 13.1. The van der Waals surface area contributed by atoms with E-state index in [9.17, 15) is 18.8 Å². The van der Waals surface area contributed by atoms with Gasteiger partial charge in [0.25, 0.3) is 5.91 Å². The quantitative estimate of drug-likeness (QED) is 0.315. The van der Waals surface area contributed by atoms with E-state index in [1.807, 2.05) is 51.1 Å². The Morgan fingerprint density at radius 2 is 1.59 bits per heavy atom. The molecule has 0 saturated carbocycles. The number of Topliss-reactive ketones (excluding diaryl/α,β-unsaturated/α-hetero) is 1. The lowest BCUT2D eigenvalue weighted by molar-refractivity contribution is -0.139. The van der Waals surface area contributed by atoms with Gasteiger partial charge < -0.3 is 15.4 Å².